The fourth-order valence-electron chi connectivity index (χ4n) is 7.01. The van der Waals surface area contributed by atoms with Crippen LogP contribution >= 0.6 is 0 Å². The van der Waals surface area contributed by atoms with Crippen molar-refractivity contribution >= 4 is 17.3 Å². The smallest absolute Gasteiger partial charge is 0.255 e. The minimum Gasteiger partial charge on any atom is -0.378 e. The Labute approximate surface area is 196 Å². The van der Waals surface area contributed by atoms with Crippen molar-refractivity contribution in [1.29, 1.82) is 0 Å². The predicted molar refractivity (Wildman–Crippen MR) is 135 cm³/mol. The summed E-state index contributed by atoms with van der Waals surface area (Å²) in [5, 5.41) is 7.10. The third-order valence-electron chi connectivity index (χ3n) is 8.49. The molecule has 33 heavy (non-hydrogen) atoms. The highest BCUT2D eigenvalue weighted by atomic mass is 16.1. The molecule has 3 aliphatic rings. The zero-order valence-electron chi connectivity index (χ0n) is 19.5. The lowest BCUT2D eigenvalue weighted by atomic mass is 9.68. The molecule has 3 aromatic rings. The molecule has 1 amide bonds. The van der Waals surface area contributed by atoms with E-state index in [-0.39, 0.29) is 5.91 Å². The van der Waals surface area contributed by atoms with Crippen LogP contribution in [0.3, 0.4) is 0 Å². The van der Waals surface area contributed by atoms with Crippen molar-refractivity contribution in [3.63, 3.8) is 0 Å². The van der Waals surface area contributed by atoms with Gasteiger partial charge < -0.3 is 10.6 Å². The van der Waals surface area contributed by atoms with Gasteiger partial charge in [-0.05, 0) is 96.7 Å². The van der Waals surface area contributed by atoms with Gasteiger partial charge in [0, 0.05) is 16.9 Å². The average molecular weight is 437 g/mol. The van der Waals surface area contributed by atoms with Gasteiger partial charge >= 0.3 is 0 Å². The number of anilines is 2. The number of carbonyl (C=O) groups excluding carboxylic acids is 1. The molecule has 6 rings (SSSR count). The summed E-state index contributed by atoms with van der Waals surface area (Å²) < 4.78 is 0. The zero-order chi connectivity index (χ0) is 22.5. The summed E-state index contributed by atoms with van der Waals surface area (Å²) >= 11 is 0. The van der Waals surface area contributed by atoms with Gasteiger partial charge in [0.1, 0.15) is 0 Å². The maximum atomic E-state index is 13.3. The maximum Gasteiger partial charge on any atom is 0.255 e. The first kappa shape index (κ1) is 20.5. The molecular weight excluding hydrogens is 404 g/mol. The van der Waals surface area contributed by atoms with E-state index in [1.807, 2.05) is 6.07 Å². The summed E-state index contributed by atoms with van der Waals surface area (Å²) in [5.74, 6) is 2.67. The van der Waals surface area contributed by atoms with E-state index in [9.17, 15) is 4.79 Å². The zero-order valence-corrected chi connectivity index (χ0v) is 19.5. The lowest BCUT2D eigenvalue weighted by molar-refractivity contribution is 0.102. The molecule has 0 saturated heterocycles. The summed E-state index contributed by atoms with van der Waals surface area (Å²) in [7, 11) is 0. The third-order valence-corrected chi connectivity index (χ3v) is 8.49. The summed E-state index contributed by atoms with van der Waals surface area (Å²) in [6.45, 7) is 4.20. The number of benzene rings is 3. The second-order valence-corrected chi connectivity index (χ2v) is 10.2. The number of aryl methyl sites for hydroxylation is 2. The molecule has 2 saturated carbocycles. The number of hydrogen-bond donors (Lipinski definition) is 2. The van der Waals surface area contributed by atoms with E-state index in [0.717, 1.165) is 35.1 Å². The van der Waals surface area contributed by atoms with Crippen LogP contribution in [0, 0.1) is 24.7 Å². The van der Waals surface area contributed by atoms with Crippen LogP contribution in [0.4, 0.5) is 11.4 Å². The molecule has 2 N–H and O–H groups in total. The van der Waals surface area contributed by atoms with Gasteiger partial charge in [0.25, 0.3) is 5.91 Å². The number of carbonyl (C=O) groups is 1. The SMILES string of the molecule is CCc1cccc(C)c1NC(=O)c1ccc2c(c1)[C@@H]1[C@H]3CC[C@@H](C3)[C@@H]1[C@H](c1ccccc1)N2. The lowest BCUT2D eigenvalue weighted by Crippen LogP contribution is -2.35. The van der Waals surface area contributed by atoms with Crippen LogP contribution in [0.2, 0.25) is 0 Å². The number of amides is 1. The highest BCUT2D eigenvalue weighted by Crippen LogP contribution is 2.63. The van der Waals surface area contributed by atoms with Crippen LogP contribution in [-0.2, 0) is 6.42 Å². The molecular formula is C30H32N2O. The predicted octanol–water partition coefficient (Wildman–Crippen LogP) is 7.11. The van der Waals surface area contributed by atoms with E-state index >= 15 is 0 Å². The Balaban J connectivity index is 1.35. The summed E-state index contributed by atoms with van der Waals surface area (Å²) in [6.07, 6.45) is 4.91. The van der Waals surface area contributed by atoms with Gasteiger partial charge in [-0.3, -0.25) is 4.79 Å². The van der Waals surface area contributed by atoms with Gasteiger partial charge in [-0.2, -0.15) is 0 Å². The molecule has 0 aromatic heterocycles. The molecule has 1 heterocycles. The van der Waals surface area contributed by atoms with E-state index in [1.165, 1.54) is 41.6 Å². The largest absolute Gasteiger partial charge is 0.378 e. The molecule has 3 aromatic carbocycles. The van der Waals surface area contributed by atoms with Crippen LogP contribution in [0.5, 0.6) is 0 Å². The highest BCUT2D eigenvalue weighted by molar-refractivity contribution is 6.05. The van der Waals surface area contributed by atoms with Gasteiger partial charge in [0.15, 0.2) is 0 Å². The minimum absolute atomic E-state index is 0.00770. The second kappa shape index (κ2) is 8.06. The number of nitrogens with one attached hydrogen (secondary N) is 2. The number of para-hydroxylation sites is 1. The summed E-state index contributed by atoms with van der Waals surface area (Å²) in [4.78, 5) is 13.3. The van der Waals surface area contributed by atoms with Crippen molar-refractivity contribution in [3.05, 3.63) is 94.5 Å². The topological polar surface area (TPSA) is 41.1 Å². The highest BCUT2D eigenvalue weighted by Gasteiger charge is 2.53. The molecule has 1 aliphatic heterocycles. The third kappa shape index (κ3) is 3.37. The minimum atomic E-state index is -0.00770. The van der Waals surface area contributed by atoms with Crippen LogP contribution < -0.4 is 10.6 Å². The van der Waals surface area contributed by atoms with Gasteiger partial charge in [0.05, 0.1) is 6.04 Å². The van der Waals surface area contributed by atoms with Crippen LogP contribution in [0.1, 0.15) is 70.8 Å². The van der Waals surface area contributed by atoms with Crippen molar-refractivity contribution in [3.8, 4) is 0 Å². The molecule has 168 valence electrons. The molecule has 2 aliphatic carbocycles. The van der Waals surface area contributed by atoms with Gasteiger partial charge in [-0.25, -0.2) is 0 Å². The number of fused-ring (bicyclic) bond motifs is 7. The Hall–Kier alpha value is -3.07. The maximum absolute atomic E-state index is 13.3. The number of hydrogen-bond acceptors (Lipinski definition) is 2. The van der Waals surface area contributed by atoms with Crippen molar-refractivity contribution < 1.29 is 4.79 Å². The van der Waals surface area contributed by atoms with Crippen molar-refractivity contribution in [2.45, 2.75) is 51.5 Å². The average Bonchev–Trinajstić information content (AvgIpc) is 3.48. The Morgan fingerprint density at radius 1 is 1.00 bits per heavy atom. The normalized spacial score (nSPS) is 26.9. The fraction of sp³-hybridized carbons (Fsp3) is 0.367. The van der Waals surface area contributed by atoms with E-state index in [2.05, 4.69) is 85.1 Å². The Morgan fingerprint density at radius 3 is 2.64 bits per heavy atom. The first-order valence-electron chi connectivity index (χ1n) is 12.5. The fourth-order valence-corrected chi connectivity index (χ4v) is 7.01. The van der Waals surface area contributed by atoms with Crippen molar-refractivity contribution in [2.75, 3.05) is 10.6 Å². The lowest BCUT2D eigenvalue weighted by Gasteiger charge is -2.43. The van der Waals surface area contributed by atoms with E-state index in [0.29, 0.717) is 17.9 Å². The van der Waals surface area contributed by atoms with Crippen molar-refractivity contribution in [1.82, 2.24) is 0 Å². The van der Waals surface area contributed by atoms with E-state index < -0.39 is 0 Å². The molecule has 2 fully saturated rings. The molecule has 5 atom stereocenters. The molecule has 3 nitrogen and oxygen atoms in total. The summed E-state index contributed by atoms with van der Waals surface area (Å²) in [5.41, 5.74) is 7.97. The first-order valence-corrected chi connectivity index (χ1v) is 12.5. The second-order valence-electron chi connectivity index (χ2n) is 10.2. The monoisotopic (exact) mass is 436 g/mol. The van der Waals surface area contributed by atoms with Crippen LogP contribution in [-0.4, -0.2) is 5.91 Å². The molecule has 0 radical (unpaired) electrons. The van der Waals surface area contributed by atoms with Crippen LogP contribution in [0.15, 0.2) is 66.7 Å². The molecule has 3 heteroatoms. The number of rotatable bonds is 4. The molecule has 0 spiro atoms. The van der Waals surface area contributed by atoms with E-state index in [1.54, 1.807) is 0 Å². The quantitative estimate of drug-likeness (QED) is 0.458. The first-order chi connectivity index (χ1) is 16.1. The van der Waals surface area contributed by atoms with E-state index in [4.69, 9.17) is 0 Å². The van der Waals surface area contributed by atoms with Gasteiger partial charge in [-0.1, -0.05) is 55.5 Å². The van der Waals surface area contributed by atoms with Crippen molar-refractivity contribution in [2.24, 2.45) is 17.8 Å². The Bertz CT molecular complexity index is 1200. The van der Waals surface area contributed by atoms with Gasteiger partial charge in [-0.15, -0.1) is 0 Å². The Morgan fingerprint density at radius 2 is 1.82 bits per heavy atom. The van der Waals surface area contributed by atoms with Gasteiger partial charge in [0.2, 0.25) is 0 Å². The molecule has 2 bridgehead atoms. The molecule has 0 unspecified atom stereocenters. The Kier molecular flexibility index (Phi) is 5.01. The summed E-state index contributed by atoms with van der Waals surface area (Å²) in [6, 6.07) is 23.8. The van der Waals surface area contributed by atoms with Crippen LogP contribution in [0.25, 0.3) is 0 Å². The standard InChI is InChI=1S/C30H32N2O/c1-3-19-11-7-8-18(2)28(19)32-30(33)23-14-15-25-24(17-23)26-21-12-13-22(16-21)27(26)29(31-25)20-9-5-4-6-10-20/h4-11,14-15,17,21-22,26-27,29,31H,3,12-13,16H2,1-2H3,(H,32,33)/t21-,22-,26-,27-,29-/m0/s1.